The van der Waals surface area contributed by atoms with E-state index < -0.39 is 20.9 Å². The standard InChI is InChI=1S/C22H20N4O5S/c1-32(30,31)25(16-18-5-3-2-4-6-18)20-13-9-19(10-14-20)22(27)24-23-15-17-7-11-21(12-8-17)26(28)29/h2-15H,16H2,1H3,(H,24,27)/b23-15-. The quantitative estimate of drug-likeness (QED) is 0.319. The second-order valence-corrected chi connectivity index (χ2v) is 8.76. The molecule has 0 aliphatic heterocycles. The van der Waals surface area contributed by atoms with Gasteiger partial charge in [0.1, 0.15) is 0 Å². The molecule has 0 spiro atoms. The largest absolute Gasteiger partial charge is 0.271 e. The summed E-state index contributed by atoms with van der Waals surface area (Å²) in [6, 6.07) is 21.0. The minimum absolute atomic E-state index is 0.0401. The molecule has 32 heavy (non-hydrogen) atoms. The summed E-state index contributed by atoms with van der Waals surface area (Å²) in [4.78, 5) is 22.5. The summed E-state index contributed by atoms with van der Waals surface area (Å²) in [5.41, 5.74) is 4.47. The van der Waals surface area contributed by atoms with E-state index in [9.17, 15) is 23.3 Å². The van der Waals surface area contributed by atoms with Crippen molar-refractivity contribution in [2.24, 2.45) is 5.10 Å². The summed E-state index contributed by atoms with van der Waals surface area (Å²) in [6.45, 7) is 0.171. The Hall–Kier alpha value is -4.05. The number of anilines is 1. The van der Waals surface area contributed by atoms with Gasteiger partial charge in [-0.1, -0.05) is 30.3 Å². The van der Waals surface area contributed by atoms with Crippen LogP contribution in [0.4, 0.5) is 11.4 Å². The molecule has 9 nitrogen and oxygen atoms in total. The van der Waals surface area contributed by atoms with E-state index >= 15 is 0 Å². The van der Waals surface area contributed by atoms with Crippen LogP contribution in [0.1, 0.15) is 21.5 Å². The fourth-order valence-corrected chi connectivity index (χ4v) is 3.73. The first-order chi connectivity index (χ1) is 15.2. The molecule has 0 fully saturated rings. The normalized spacial score (nSPS) is 11.3. The number of hydrazone groups is 1. The van der Waals surface area contributed by atoms with Crippen molar-refractivity contribution < 1.29 is 18.1 Å². The molecule has 0 saturated carbocycles. The average Bonchev–Trinajstić information content (AvgIpc) is 2.78. The molecule has 10 heteroatoms. The van der Waals surface area contributed by atoms with E-state index in [1.54, 1.807) is 12.1 Å². The van der Waals surface area contributed by atoms with Crippen molar-refractivity contribution in [3.05, 3.63) is 106 Å². The Kier molecular flexibility index (Phi) is 6.96. The van der Waals surface area contributed by atoms with E-state index in [-0.39, 0.29) is 12.2 Å². The van der Waals surface area contributed by atoms with Crippen LogP contribution in [0.2, 0.25) is 0 Å². The number of carbonyl (C=O) groups excluding carboxylic acids is 1. The second-order valence-electron chi connectivity index (χ2n) is 6.85. The molecule has 0 saturated heterocycles. The highest BCUT2D eigenvalue weighted by Gasteiger charge is 2.18. The molecule has 0 aromatic heterocycles. The number of hydrogen-bond acceptors (Lipinski definition) is 6. The zero-order valence-corrected chi connectivity index (χ0v) is 17.9. The first-order valence-electron chi connectivity index (χ1n) is 9.43. The Bertz CT molecular complexity index is 1230. The van der Waals surface area contributed by atoms with Gasteiger partial charge in [0.2, 0.25) is 10.0 Å². The van der Waals surface area contributed by atoms with Crippen molar-refractivity contribution in [1.29, 1.82) is 0 Å². The minimum atomic E-state index is -3.54. The maximum absolute atomic E-state index is 12.3. The molecule has 0 radical (unpaired) electrons. The van der Waals surface area contributed by atoms with E-state index in [0.29, 0.717) is 16.8 Å². The predicted molar refractivity (Wildman–Crippen MR) is 122 cm³/mol. The summed E-state index contributed by atoms with van der Waals surface area (Å²) in [7, 11) is -3.54. The lowest BCUT2D eigenvalue weighted by Crippen LogP contribution is -2.29. The van der Waals surface area contributed by atoms with Gasteiger partial charge in [-0.15, -0.1) is 0 Å². The summed E-state index contributed by atoms with van der Waals surface area (Å²) in [6.07, 6.45) is 2.49. The SMILES string of the molecule is CS(=O)(=O)N(Cc1ccccc1)c1ccc(C(=O)N/N=C\c2ccc([N+](=O)[O-])cc2)cc1. The van der Waals surface area contributed by atoms with Crippen molar-refractivity contribution in [3.8, 4) is 0 Å². The number of nitro benzene ring substituents is 1. The number of non-ortho nitro benzene ring substituents is 1. The monoisotopic (exact) mass is 452 g/mol. The van der Waals surface area contributed by atoms with Crippen LogP contribution in [0.3, 0.4) is 0 Å². The van der Waals surface area contributed by atoms with Gasteiger partial charge >= 0.3 is 0 Å². The van der Waals surface area contributed by atoms with Crippen LogP contribution in [0.5, 0.6) is 0 Å². The van der Waals surface area contributed by atoms with E-state index in [2.05, 4.69) is 10.5 Å². The summed E-state index contributed by atoms with van der Waals surface area (Å²) >= 11 is 0. The average molecular weight is 452 g/mol. The first-order valence-corrected chi connectivity index (χ1v) is 11.3. The Morgan fingerprint density at radius 3 is 2.22 bits per heavy atom. The topological polar surface area (TPSA) is 122 Å². The van der Waals surface area contributed by atoms with Gasteiger partial charge in [0.15, 0.2) is 0 Å². The third-order valence-corrected chi connectivity index (χ3v) is 5.61. The number of hydrogen-bond donors (Lipinski definition) is 1. The number of benzene rings is 3. The maximum atomic E-state index is 12.3. The molecular formula is C22H20N4O5S. The van der Waals surface area contributed by atoms with E-state index in [1.807, 2.05) is 30.3 Å². The molecule has 3 aromatic carbocycles. The molecule has 3 rings (SSSR count). The highest BCUT2D eigenvalue weighted by Crippen LogP contribution is 2.21. The van der Waals surface area contributed by atoms with Crippen LogP contribution in [-0.4, -0.2) is 31.7 Å². The minimum Gasteiger partial charge on any atom is -0.267 e. The molecule has 0 heterocycles. The smallest absolute Gasteiger partial charge is 0.267 e. The zero-order valence-electron chi connectivity index (χ0n) is 17.1. The van der Waals surface area contributed by atoms with Gasteiger partial charge in [0.05, 0.1) is 29.6 Å². The molecule has 1 amide bonds. The van der Waals surface area contributed by atoms with Gasteiger partial charge in [0.25, 0.3) is 11.6 Å². The third kappa shape index (κ3) is 5.99. The van der Waals surface area contributed by atoms with Crippen molar-refractivity contribution >= 4 is 33.5 Å². The number of sulfonamides is 1. The van der Waals surface area contributed by atoms with Gasteiger partial charge < -0.3 is 0 Å². The fraction of sp³-hybridized carbons (Fsp3) is 0.0909. The number of rotatable bonds is 8. The molecular weight excluding hydrogens is 432 g/mol. The highest BCUT2D eigenvalue weighted by molar-refractivity contribution is 7.92. The molecule has 3 aromatic rings. The van der Waals surface area contributed by atoms with Gasteiger partial charge in [-0.2, -0.15) is 5.10 Å². The number of nitrogens with zero attached hydrogens (tertiary/aromatic N) is 3. The lowest BCUT2D eigenvalue weighted by atomic mass is 10.2. The Balaban J connectivity index is 1.68. The molecule has 0 atom stereocenters. The lowest BCUT2D eigenvalue weighted by molar-refractivity contribution is -0.384. The van der Waals surface area contributed by atoms with Crippen LogP contribution < -0.4 is 9.73 Å². The molecule has 164 valence electrons. The van der Waals surface area contributed by atoms with Gasteiger partial charge in [-0.05, 0) is 47.5 Å². The van der Waals surface area contributed by atoms with Crippen molar-refractivity contribution in [3.63, 3.8) is 0 Å². The maximum Gasteiger partial charge on any atom is 0.271 e. The van der Waals surface area contributed by atoms with E-state index in [0.717, 1.165) is 11.8 Å². The number of amides is 1. The molecule has 0 aliphatic rings. The Morgan fingerprint density at radius 2 is 1.66 bits per heavy atom. The predicted octanol–water partition coefficient (Wildman–Crippen LogP) is 3.32. The van der Waals surface area contributed by atoms with E-state index in [1.165, 1.54) is 46.9 Å². The van der Waals surface area contributed by atoms with Gasteiger partial charge in [-0.25, -0.2) is 13.8 Å². The Morgan fingerprint density at radius 1 is 1.03 bits per heavy atom. The summed E-state index contributed by atoms with van der Waals surface area (Å²) < 4.78 is 25.8. The molecule has 1 N–H and O–H groups in total. The highest BCUT2D eigenvalue weighted by atomic mass is 32.2. The molecule has 0 unspecified atom stereocenters. The second kappa shape index (κ2) is 9.84. The van der Waals surface area contributed by atoms with E-state index in [4.69, 9.17) is 0 Å². The number of nitro groups is 1. The first kappa shape index (κ1) is 22.6. The third-order valence-electron chi connectivity index (χ3n) is 4.47. The fourth-order valence-electron chi connectivity index (χ4n) is 2.84. The zero-order chi connectivity index (χ0) is 23.1. The van der Waals surface area contributed by atoms with Crippen LogP contribution in [0.25, 0.3) is 0 Å². The van der Waals surface area contributed by atoms with Crippen LogP contribution >= 0.6 is 0 Å². The van der Waals surface area contributed by atoms with Crippen molar-refractivity contribution in [1.82, 2.24) is 5.43 Å². The Labute approximate surface area is 185 Å². The van der Waals surface area contributed by atoms with Gasteiger partial charge in [0, 0.05) is 17.7 Å². The lowest BCUT2D eigenvalue weighted by Gasteiger charge is -2.22. The van der Waals surface area contributed by atoms with Crippen LogP contribution in [0.15, 0.2) is 84.0 Å². The summed E-state index contributed by atoms with van der Waals surface area (Å²) in [5.74, 6) is -0.483. The molecule has 0 bridgehead atoms. The molecule has 0 aliphatic carbocycles. The number of nitrogens with one attached hydrogen (secondary N) is 1. The number of carbonyl (C=O) groups is 1. The van der Waals surface area contributed by atoms with Gasteiger partial charge in [-0.3, -0.25) is 19.2 Å². The van der Waals surface area contributed by atoms with Crippen LogP contribution in [0, 0.1) is 10.1 Å². The van der Waals surface area contributed by atoms with Crippen molar-refractivity contribution in [2.75, 3.05) is 10.6 Å². The van der Waals surface area contributed by atoms with Crippen LogP contribution in [-0.2, 0) is 16.6 Å². The summed E-state index contributed by atoms with van der Waals surface area (Å²) in [5, 5.41) is 14.5. The van der Waals surface area contributed by atoms with Crippen molar-refractivity contribution in [2.45, 2.75) is 6.54 Å².